The van der Waals surface area contributed by atoms with Gasteiger partial charge in [0.25, 0.3) is 0 Å². The Bertz CT molecular complexity index is 956. The number of nitrogens with one attached hydrogen (secondary N) is 2. The molecule has 6 heteroatoms. The fraction of sp³-hybridized carbons (Fsp3) is 0.304. The van der Waals surface area contributed by atoms with Crippen molar-refractivity contribution in [2.45, 2.75) is 31.7 Å². The Balaban J connectivity index is 1.68. The van der Waals surface area contributed by atoms with Crippen molar-refractivity contribution >= 4 is 17.5 Å². The van der Waals surface area contributed by atoms with Crippen LogP contribution >= 0.6 is 0 Å². The van der Waals surface area contributed by atoms with Crippen molar-refractivity contribution in [2.75, 3.05) is 24.9 Å². The van der Waals surface area contributed by atoms with E-state index in [0.717, 1.165) is 35.5 Å². The topological polar surface area (TPSA) is 68.3 Å². The molecule has 0 spiro atoms. The van der Waals surface area contributed by atoms with Crippen molar-refractivity contribution < 1.29 is 9.47 Å². The SMILES string of the molecule is COc1ccc(Nc2cc(-c3ccccc3)nc(NC3CCCC3)n2)c(OC)c1. The van der Waals surface area contributed by atoms with E-state index in [1.54, 1.807) is 14.2 Å². The van der Waals surface area contributed by atoms with Gasteiger partial charge in [0.2, 0.25) is 5.95 Å². The van der Waals surface area contributed by atoms with Gasteiger partial charge >= 0.3 is 0 Å². The third kappa shape index (κ3) is 4.59. The van der Waals surface area contributed by atoms with Crippen LogP contribution < -0.4 is 20.1 Å². The van der Waals surface area contributed by atoms with Crippen LogP contribution in [0.15, 0.2) is 54.6 Å². The highest BCUT2D eigenvalue weighted by Gasteiger charge is 2.17. The Labute approximate surface area is 171 Å². The van der Waals surface area contributed by atoms with Crippen LogP contribution in [0.3, 0.4) is 0 Å². The number of benzene rings is 2. The summed E-state index contributed by atoms with van der Waals surface area (Å²) in [6.07, 6.45) is 4.83. The molecule has 2 aromatic carbocycles. The largest absolute Gasteiger partial charge is 0.497 e. The Morgan fingerprint density at radius 1 is 0.897 bits per heavy atom. The molecule has 29 heavy (non-hydrogen) atoms. The van der Waals surface area contributed by atoms with E-state index in [0.29, 0.717) is 23.6 Å². The first kappa shape index (κ1) is 19.1. The fourth-order valence-corrected chi connectivity index (χ4v) is 3.63. The number of anilines is 3. The molecule has 0 aliphatic heterocycles. The summed E-state index contributed by atoms with van der Waals surface area (Å²) in [7, 11) is 3.28. The van der Waals surface area contributed by atoms with Crippen LogP contribution in [-0.2, 0) is 0 Å². The molecule has 1 aromatic heterocycles. The fourth-order valence-electron chi connectivity index (χ4n) is 3.63. The molecule has 1 heterocycles. The normalized spacial score (nSPS) is 13.9. The minimum Gasteiger partial charge on any atom is -0.497 e. The Morgan fingerprint density at radius 3 is 2.41 bits per heavy atom. The first-order valence-electron chi connectivity index (χ1n) is 9.95. The van der Waals surface area contributed by atoms with Crippen molar-refractivity contribution in [1.29, 1.82) is 0 Å². The molecule has 1 fully saturated rings. The zero-order valence-electron chi connectivity index (χ0n) is 16.8. The minimum absolute atomic E-state index is 0.435. The van der Waals surface area contributed by atoms with Crippen molar-refractivity contribution in [2.24, 2.45) is 0 Å². The highest BCUT2D eigenvalue weighted by atomic mass is 16.5. The van der Waals surface area contributed by atoms with Gasteiger partial charge in [-0.15, -0.1) is 0 Å². The third-order valence-electron chi connectivity index (χ3n) is 5.16. The van der Waals surface area contributed by atoms with E-state index in [2.05, 4.69) is 22.8 Å². The van der Waals surface area contributed by atoms with Gasteiger partial charge in [-0.1, -0.05) is 43.2 Å². The highest BCUT2D eigenvalue weighted by Crippen LogP contribution is 2.32. The van der Waals surface area contributed by atoms with Gasteiger partial charge in [0.05, 0.1) is 25.6 Å². The molecule has 1 aliphatic carbocycles. The average molecular weight is 390 g/mol. The van der Waals surface area contributed by atoms with Gasteiger partial charge in [-0.25, -0.2) is 4.98 Å². The van der Waals surface area contributed by atoms with Gasteiger partial charge < -0.3 is 20.1 Å². The molecular weight excluding hydrogens is 364 g/mol. The van der Waals surface area contributed by atoms with Crippen LogP contribution in [-0.4, -0.2) is 30.2 Å². The molecule has 0 radical (unpaired) electrons. The molecular formula is C23H26N4O2. The molecule has 150 valence electrons. The molecule has 2 N–H and O–H groups in total. The zero-order chi connectivity index (χ0) is 20.1. The van der Waals surface area contributed by atoms with Gasteiger partial charge in [0.1, 0.15) is 17.3 Å². The summed E-state index contributed by atoms with van der Waals surface area (Å²) in [5.74, 6) is 2.79. The van der Waals surface area contributed by atoms with Gasteiger partial charge in [0.15, 0.2) is 0 Å². The predicted molar refractivity (Wildman–Crippen MR) is 116 cm³/mol. The maximum absolute atomic E-state index is 5.51. The number of hydrogen-bond donors (Lipinski definition) is 2. The summed E-state index contributed by atoms with van der Waals surface area (Å²) in [6.45, 7) is 0. The van der Waals surface area contributed by atoms with E-state index in [9.17, 15) is 0 Å². The first-order chi connectivity index (χ1) is 14.2. The highest BCUT2D eigenvalue weighted by molar-refractivity contribution is 5.70. The number of ether oxygens (including phenoxy) is 2. The Morgan fingerprint density at radius 2 is 1.69 bits per heavy atom. The minimum atomic E-state index is 0.435. The standard InChI is InChI=1S/C23H26N4O2/c1-28-18-12-13-19(21(14-18)29-2)25-22-15-20(16-8-4-3-5-9-16)26-23(27-22)24-17-10-6-7-11-17/h3-5,8-9,12-15,17H,6-7,10-11H2,1-2H3,(H2,24,25,26,27). The number of rotatable bonds is 7. The maximum atomic E-state index is 5.51. The second-order valence-electron chi connectivity index (χ2n) is 7.14. The van der Waals surface area contributed by atoms with Crippen LogP contribution in [0.2, 0.25) is 0 Å². The van der Waals surface area contributed by atoms with E-state index in [1.165, 1.54) is 12.8 Å². The monoisotopic (exact) mass is 390 g/mol. The molecule has 0 atom stereocenters. The van der Waals surface area contributed by atoms with Crippen LogP contribution in [0.5, 0.6) is 11.5 Å². The lowest BCUT2D eigenvalue weighted by molar-refractivity contribution is 0.395. The van der Waals surface area contributed by atoms with Crippen LogP contribution in [0.25, 0.3) is 11.3 Å². The van der Waals surface area contributed by atoms with E-state index in [4.69, 9.17) is 19.4 Å². The number of aromatic nitrogens is 2. The van der Waals surface area contributed by atoms with E-state index in [-0.39, 0.29) is 0 Å². The maximum Gasteiger partial charge on any atom is 0.225 e. The van der Waals surface area contributed by atoms with Crippen molar-refractivity contribution in [3.63, 3.8) is 0 Å². The van der Waals surface area contributed by atoms with Crippen LogP contribution in [0, 0.1) is 0 Å². The third-order valence-corrected chi connectivity index (χ3v) is 5.16. The van der Waals surface area contributed by atoms with E-state index >= 15 is 0 Å². The van der Waals surface area contributed by atoms with Gasteiger partial charge in [-0.2, -0.15) is 4.98 Å². The first-order valence-corrected chi connectivity index (χ1v) is 9.95. The molecule has 0 unspecified atom stereocenters. The number of nitrogens with zero attached hydrogens (tertiary/aromatic N) is 2. The smallest absolute Gasteiger partial charge is 0.225 e. The van der Waals surface area contributed by atoms with Crippen LogP contribution in [0.1, 0.15) is 25.7 Å². The summed E-state index contributed by atoms with van der Waals surface area (Å²) in [4.78, 5) is 9.48. The Kier molecular flexibility index (Phi) is 5.79. The molecule has 4 rings (SSSR count). The summed E-state index contributed by atoms with van der Waals surface area (Å²) >= 11 is 0. The van der Waals surface area contributed by atoms with Crippen molar-refractivity contribution in [1.82, 2.24) is 9.97 Å². The van der Waals surface area contributed by atoms with Crippen molar-refractivity contribution in [3.05, 3.63) is 54.6 Å². The quantitative estimate of drug-likeness (QED) is 0.574. The Hall–Kier alpha value is -3.28. The van der Waals surface area contributed by atoms with E-state index < -0.39 is 0 Å². The lowest BCUT2D eigenvalue weighted by Crippen LogP contribution is -2.17. The summed E-state index contributed by atoms with van der Waals surface area (Å²) < 4.78 is 10.8. The zero-order valence-corrected chi connectivity index (χ0v) is 16.8. The number of methoxy groups -OCH3 is 2. The molecule has 1 saturated carbocycles. The second kappa shape index (κ2) is 8.82. The molecule has 1 aliphatic rings. The van der Waals surface area contributed by atoms with Gasteiger partial charge in [0, 0.05) is 23.7 Å². The molecule has 0 saturated heterocycles. The summed E-state index contributed by atoms with van der Waals surface area (Å²) in [5.41, 5.74) is 2.74. The molecule has 0 bridgehead atoms. The van der Waals surface area contributed by atoms with Crippen molar-refractivity contribution in [3.8, 4) is 22.8 Å². The number of hydrogen-bond acceptors (Lipinski definition) is 6. The average Bonchev–Trinajstić information content (AvgIpc) is 3.27. The molecule has 6 nitrogen and oxygen atoms in total. The van der Waals surface area contributed by atoms with E-state index in [1.807, 2.05) is 42.5 Å². The van der Waals surface area contributed by atoms with Gasteiger partial charge in [-0.05, 0) is 25.0 Å². The second-order valence-corrected chi connectivity index (χ2v) is 7.14. The lowest BCUT2D eigenvalue weighted by atomic mass is 10.1. The molecule has 3 aromatic rings. The molecule has 0 amide bonds. The predicted octanol–water partition coefficient (Wildman–Crippen LogP) is 5.26. The summed E-state index contributed by atoms with van der Waals surface area (Å²) in [5, 5.41) is 6.89. The lowest BCUT2D eigenvalue weighted by Gasteiger charge is -2.16. The van der Waals surface area contributed by atoms with Gasteiger partial charge in [-0.3, -0.25) is 0 Å². The van der Waals surface area contributed by atoms with Crippen LogP contribution in [0.4, 0.5) is 17.5 Å². The summed E-state index contributed by atoms with van der Waals surface area (Å²) in [6, 6.07) is 18.2.